The lowest BCUT2D eigenvalue weighted by atomic mass is 9.79. The highest BCUT2D eigenvalue weighted by molar-refractivity contribution is 4.95. The summed E-state index contributed by atoms with van der Waals surface area (Å²) in [5.41, 5.74) is 0.192. The van der Waals surface area contributed by atoms with Crippen molar-refractivity contribution < 1.29 is 4.74 Å². The molecule has 106 valence electrons. The van der Waals surface area contributed by atoms with Crippen molar-refractivity contribution in [1.82, 2.24) is 10.2 Å². The Hall–Kier alpha value is -0.120. The first-order valence-corrected chi connectivity index (χ1v) is 7.72. The van der Waals surface area contributed by atoms with E-state index in [0.29, 0.717) is 6.04 Å². The Balaban J connectivity index is 1.78. The Bertz CT molecular complexity index is 247. The number of piperidine rings is 1. The standard InChI is InChI=1S/C15H30N2O/c1-4-9-16-14-6-10-17(13(2)11-14)12-15(18-3)7-5-8-15/h13-14,16H,4-12H2,1-3H3. The second kappa shape index (κ2) is 6.36. The van der Waals surface area contributed by atoms with Crippen LogP contribution in [0.25, 0.3) is 0 Å². The van der Waals surface area contributed by atoms with E-state index >= 15 is 0 Å². The highest BCUT2D eigenvalue weighted by atomic mass is 16.5. The van der Waals surface area contributed by atoms with Gasteiger partial charge in [-0.05, 0) is 52.0 Å². The van der Waals surface area contributed by atoms with Gasteiger partial charge >= 0.3 is 0 Å². The zero-order chi connectivity index (χ0) is 13.0. The minimum Gasteiger partial charge on any atom is -0.377 e. The highest BCUT2D eigenvalue weighted by Gasteiger charge is 2.40. The quantitative estimate of drug-likeness (QED) is 0.788. The Labute approximate surface area is 112 Å². The molecule has 0 amide bonds. The molecule has 0 radical (unpaired) electrons. The molecule has 0 aromatic heterocycles. The smallest absolute Gasteiger partial charge is 0.0805 e. The molecule has 1 aliphatic heterocycles. The van der Waals surface area contributed by atoms with Crippen molar-refractivity contribution in [2.45, 2.75) is 70.1 Å². The molecule has 1 saturated carbocycles. The number of likely N-dealkylation sites (tertiary alicyclic amines) is 1. The Kier molecular flexibility index (Phi) is 5.05. The lowest BCUT2D eigenvalue weighted by Crippen LogP contribution is -2.55. The molecule has 2 fully saturated rings. The van der Waals surface area contributed by atoms with E-state index in [9.17, 15) is 0 Å². The molecule has 2 atom stereocenters. The summed E-state index contributed by atoms with van der Waals surface area (Å²) < 4.78 is 5.76. The van der Waals surface area contributed by atoms with Crippen molar-refractivity contribution in [3.05, 3.63) is 0 Å². The van der Waals surface area contributed by atoms with Gasteiger partial charge in [-0.2, -0.15) is 0 Å². The maximum atomic E-state index is 5.76. The van der Waals surface area contributed by atoms with Crippen LogP contribution in [-0.2, 0) is 4.74 Å². The minimum absolute atomic E-state index is 0.192. The van der Waals surface area contributed by atoms with Gasteiger partial charge in [0.25, 0.3) is 0 Å². The summed E-state index contributed by atoms with van der Waals surface area (Å²) in [6.07, 6.45) is 7.68. The van der Waals surface area contributed by atoms with Crippen molar-refractivity contribution in [2.24, 2.45) is 0 Å². The van der Waals surface area contributed by atoms with Crippen LogP contribution in [0.3, 0.4) is 0 Å². The monoisotopic (exact) mass is 254 g/mol. The molecular formula is C15H30N2O. The largest absolute Gasteiger partial charge is 0.377 e. The molecule has 0 bridgehead atoms. The van der Waals surface area contributed by atoms with Crippen molar-refractivity contribution in [2.75, 3.05) is 26.7 Å². The number of nitrogens with one attached hydrogen (secondary N) is 1. The van der Waals surface area contributed by atoms with Gasteiger partial charge in [0, 0.05) is 32.3 Å². The summed E-state index contributed by atoms with van der Waals surface area (Å²) >= 11 is 0. The summed E-state index contributed by atoms with van der Waals surface area (Å²) in [5.74, 6) is 0. The second-order valence-corrected chi connectivity index (χ2v) is 6.24. The van der Waals surface area contributed by atoms with Crippen molar-refractivity contribution >= 4 is 0 Å². The molecule has 2 unspecified atom stereocenters. The molecule has 1 heterocycles. The third-order valence-corrected chi connectivity index (χ3v) is 4.89. The maximum absolute atomic E-state index is 5.76. The first-order valence-electron chi connectivity index (χ1n) is 7.72. The van der Waals surface area contributed by atoms with Gasteiger partial charge in [0.15, 0.2) is 0 Å². The molecule has 0 spiro atoms. The van der Waals surface area contributed by atoms with E-state index in [0.717, 1.165) is 12.6 Å². The molecule has 1 N–H and O–H groups in total. The summed E-state index contributed by atoms with van der Waals surface area (Å²) in [6.45, 7) is 8.16. The van der Waals surface area contributed by atoms with Crippen molar-refractivity contribution in [1.29, 1.82) is 0 Å². The average Bonchev–Trinajstić information content (AvgIpc) is 2.33. The zero-order valence-electron chi connectivity index (χ0n) is 12.4. The molecule has 1 saturated heterocycles. The van der Waals surface area contributed by atoms with Gasteiger partial charge in [0.1, 0.15) is 0 Å². The Morgan fingerprint density at radius 3 is 2.67 bits per heavy atom. The van der Waals surface area contributed by atoms with Crippen LogP contribution < -0.4 is 5.32 Å². The van der Waals surface area contributed by atoms with Crippen molar-refractivity contribution in [3.8, 4) is 0 Å². The van der Waals surface area contributed by atoms with E-state index in [-0.39, 0.29) is 5.60 Å². The van der Waals surface area contributed by atoms with E-state index < -0.39 is 0 Å². The van der Waals surface area contributed by atoms with Crippen LogP contribution in [0.4, 0.5) is 0 Å². The van der Waals surface area contributed by atoms with Gasteiger partial charge in [-0.15, -0.1) is 0 Å². The van der Waals surface area contributed by atoms with Gasteiger partial charge in [0.2, 0.25) is 0 Å². The van der Waals surface area contributed by atoms with Gasteiger partial charge < -0.3 is 10.1 Å². The van der Waals surface area contributed by atoms with Crippen LogP contribution in [0.2, 0.25) is 0 Å². The number of methoxy groups -OCH3 is 1. The van der Waals surface area contributed by atoms with E-state index in [1.807, 2.05) is 7.11 Å². The first kappa shape index (κ1) is 14.3. The maximum Gasteiger partial charge on any atom is 0.0805 e. The number of hydrogen-bond acceptors (Lipinski definition) is 3. The topological polar surface area (TPSA) is 24.5 Å². The molecule has 18 heavy (non-hydrogen) atoms. The molecule has 3 nitrogen and oxygen atoms in total. The summed E-state index contributed by atoms with van der Waals surface area (Å²) in [5, 5.41) is 3.67. The number of ether oxygens (including phenoxy) is 1. The molecule has 0 aromatic carbocycles. The predicted octanol–water partition coefficient (Wildman–Crippen LogP) is 2.41. The molecule has 1 aliphatic carbocycles. The summed E-state index contributed by atoms with van der Waals surface area (Å²) in [7, 11) is 1.89. The van der Waals surface area contributed by atoms with E-state index in [1.165, 1.54) is 51.6 Å². The van der Waals surface area contributed by atoms with Gasteiger partial charge in [-0.25, -0.2) is 0 Å². The Morgan fingerprint density at radius 1 is 1.39 bits per heavy atom. The fourth-order valence-electron chi connectivity index (χ4n) is 3.36. The lowest BCUT2D eigenvalue weighted by Gasteiger charge is -2.47. The van der Waals surface area contributed by atoms with Gasteiger partial charge in [0.05, 0.1) is 5.60 Å². The molecular weight excluding hydrogens is 224 g/mol. The summed E-state index contributed by atoms with van der Waals surface area (Å²) in [6, 6.07) is 1.43. The molecule has 2 aliphatic rings. The molecule has 2 rings (SSSR count). The van der Waals surface area contributed by atoms with E-state index in [1.54, 1.807) is 0 Å². The summed E-state index contributed by atoms with van der Waals surface area (Å²) in [4.78, 5) is 2.65. The third-order valence-electron chi connectivity index (χ3n) is 4.89. The molecule has 0 aromatic rings. The number of hydrogen-bond donors (Lipinski definition) is 1. The normalized spacial score (nSPS) is 32.2. The lowest BCUT2D eigenvalue weighted by molar-refractivity contribution is -0.101. The highest BCUT2D eigenvalue weighted by Crippen LogP contribution is 2.37. The fraction of sp³-hybridized carbons (Fsp3) is 1.00. The van der Waals surface area contributed by atoms with Crippen LogP contribution in [-0.4, -0.2) is 49.3 Å². The number of nitrogens with zero attached hydrogens (tertiary/aromatic N) is 1. The fourth-order valence-corrected chi connectivity index (χ4v) is 3.36. The average molecular weight is 254 g/mol. The molecule has 3 heteroatoms. The van der Waals surface area contributed by atoms with E-state index in [2.05, 4.69) is 24.1 Å². The SMILES string of the molecule is CCCNC1CCN(CC2(OC)CCC2)C(C)C1. The predicted molar refractivity (Wildman–Crippen MR) is 75.9 cm³/mol. The third kappa shape index (κ3) is 3.25. The van der Waals surface area contributed by atoms with Crippen molar-refractivity contribution in [3.63, 3.8) is 0 Å². The van der Waals surface area contributed by atoms with Crippen LogP contribution >= 0.6 is 0 Å². The van der Waals surface area contributed by atoms with E-state index in [4.69, 9.17) is 4.74 Å². The van der Waals surface area contributed by atoms with Crippen LogP contribution in [0.15, 0.2) is 0 Å². The Morgan fingerprint density at radius 2 is 2.17 bits per heavy atom. The second-order valence-electron chi connectivity index (χ2n) is 6.24. The van der Waals surface area contributed by atoms with Gasteiger partial charge in [-0.1, -0.05) is 6.92 Å². The van der Waals surface area contributed by atoms with Crippen LogP contribution in [0, 0.1) is 0 Å². The minimum atomic E-state index is 0.192. The van der Waals surface area contributed by atoms with Crippen LogP contribution in [0.5, 0.6) is 0 Å². The zero-order valence-corrected chi connectivity index (χ0v) is 12.4. The number of rotatable bonds is 6. The van der Waals surface area contributed by atoms with Crippen LogP contribution in [0.1, 0.15) is 52.4 Å². The van der Waals surface area contributed by atoms with Gasteiger partial charge in [-0.3, -0.25) is 4.90 Å². The first-order chi connectivity index (χ1) is 8.69.